The van der Waals surface area contributed by atoms with Gasteiger partial charge in [0.05, 0.1) is 6.54 Å². The van der Waals surface area contributed by atoms with Gasteiger partial charge in [-0.1, -0.05) is 32.6 Å². The Morgan fingerprint density at radius 1 is 1.25 bits per heavy atom. The SMILES string of the molecule is CC#CCNCCCCC(C)C. The molecule has 0 unspecified atom stereocenters. The molecule has 0 saturated heterocycles. The third-order valence-corrected chi connectivity index (χ3v) is 1.78. The molecule has 0 aromatic carbocycles. The number of rotatable bonds is 6. The number of hydrogen-bond acceptors (Lipinski definition) is 1. The predicted molar refractivity (Wildman–Crippen MR) is 55.0 cm³/mol. The summed E-state index contributed by atoms with van der Waals surface area (Å²) in [6, 6.07) is 0. The Bertz CT molecular complexity index is 139. The third kappa shape index (κ3) is 9.52. The highest BCUT2D eigenvalue weighted by atomic mass is 14.8. The molecule has 0 aliphatic carbocycles. The van der Waals surface area contributed by atoms with E-state index in [0.29, 0.717) is 0 Å². The van der Waals surface area contributed by atoms with E-state index in [2.05, 4.69) is 31.0 Å². The fraction of sp³-hybridized carbons (Fsp3) is 0.818. The van der Waals surface area contributed by atoms with E-state index in [4.69, 9.17) is 0 Å². The quantitative estimate of drug-likeness (QED) is 0.473. The van der Waals surface area contributed by atoms with Crippen molar-refractivity contribution in [2.24, 2.45) is 5.92 Å². The lowest BCUT2D eigenvalue weighted by Gasteiger charge is -2.03. The molecule has 0 heterocycles. The molecule has 0 aliphatic heterocycles. The molecular formula is C11H21N. The third-order valence-electron chi connectivity index (χ3n) is 1.78. The fourth-order valence-corrected chi connectivity index (χ4v) is 1.04. The van der Waals surface area contributed by atoms with Crippen LogP contribution in [0.15, 0.2) is 0 Å². The van der Waals surface area contributed by atoms with Crippen LogP contribution in [0.4, 0.5) is 0 Å². The summed E-state index contributed by atoms with van der Waals surface area (Å²) in [6.45, 7) is 8.38. The molecule has 0 amide bonds. The molecule has 0 atom stereocenters. The van der Waals surface area contributed by atoms with Crippen molar-refractivity contribution in [3.8, 4) is 11.8 Å². The minimum absolute atomic E-state index is 0.845. The Kier molecular flexibility index (Phi) is 8.27. The van der Waals surface area contributed by atoms with Gasteiger partial charge in [-0.05, 0) is 25.8 Å². The smallest absolute Gasteiger partial charge is 0.0576 e. The first-order valence-corrected chi connectivity index (χ1v) is 4.87. The van der Waals surface area contributed by atoms with Gasteiger partial charge in [0.25, 0.3) is 0 Å². The highest BCUT2D eigenvalue weighted by Crippen LogP contribution is 2.04. The van der Waals surface area contributed by atoms with Gasteiger partial charge in [0.1, 0.15) is 0 Å². The van der Waals surface area contributed by atoms with Gasteiger partial charge in [-0.2, -0.15) is 0 Å². The first-order valence-electron chi connectivity index (χ1n) is 4.87. The van der Waals surface area contributed by atoms with Gasteiger partial charge in [-0.25, -0.2) is 0 Å². The molecule has 0 fully saturated rings. The van der Waals surface area contributed by atoms with E-state index in [-0.39, 0.29) is 0 Å². The van der Waals surface area contributed by atoms with Gasteiger partial charge in [-0.15, -0.1) is 5.92 Å². The highest BCUT2D eigenvalue weighted by molar-refractivity contribution is 4.96. The Balaban J connectivity index is 2.94. The zero-order valence-corrected chi connectivity index (χ0v) is 8.61. The second kappa shape index (κ2) is 8.62. The highest BCUT2D eigenvalue weighted by Gasteiger charge is 1.92. The van der Waals surface area contributed by atoms with Crippen molar-refractivity contribution in [1.29, 1.82) is 0 Å². The van der Waals surface area contributed by atoms with Crippen LogP contribution >= 0.6 is 0 Å². The van der Waals surface area contributed by atoms with Gasteiger partial charge in [0.2, 0.25) is 0 Å². The second-order valence-corrected chi connectivity index (χ2v) is 3.49. The first kappa shape index (κ1) is 11.5. The van der Waals surface area contributed by atoms with Gasteiger partial charge >= 0.3 is 0 Å². The van der Waals surface area contributed by atoms with E-state index >= 15 is 0 Å². The lowest BCUT2D eigenvalue weighted by molar-refractivity contribution is 0.527. The fourth-order valence-electron chi connectivity index (χ4n) is 1.04. The number of nitrogens with one attached hydrogen (secondary N) is 1. The van der Waals surface area contributed by atoms with Crippen LogP contribution in [0.3, 0.4) is 0 Å². The maximum Gasteiger partial charge on any atom is 0.0576 e. The molecule has 70 valence electrons. The van der Waals surface area contributed by atoms with Crippen molar-refractivity contribution in [2.75, 3.05) is 13.1 Å². The summed E-state index contributed by atoms with van der Waals surface area (Å²) in [7, 11) is 0. The standard InChI is InChI=1S/C11H21N/c1-4-5-9-12-10-7-6-8-11(2)3/h11-12H,6-10H2,1-3H3. The molecular weight excluding hydrogens is 146 g/mol. The number of hydrogen-bond donors (Lipinski definition) is 1. The molecule has 0 rings (SSSR count). The van der Waals surface area contributed by atoms with Crippen LogP contribution in [0.25, 0.3) is 0 Å². The van der Waals surface area contributed by atoms with Crippen molar-refractivity contribution in [2.45, 2.75) is 40.0 Å². The molecule has 0 aliphatic rings. The zero-order valence-electron chi connectivity index (χ0n) is 8.61. The van der Waals surface area contributed by atoms with Crippen LogP contribution in [-0.4, -0.2) is 13.1 Å². The Morgan fingerprint density at radius 2 is 2.00 bits per heavy atom. The van der Waals surface area contributed by atoms with Gasteiger partial charge < -0.3 is 5.32 Å². The summed E-state index contributed by atoms with van der Waals surface area (Å²) in [6.07, 6.45) is 3.97. The lowest BCUT2D eigenvalue weighted by atomic mass is 10.1. The summed E-state index contributed by atoms with van der Waals surface area (Å²) in [5, 5.41) is 3.29. The summed E-state index contributed by atoms with van der Waals surface area (Å²) < 4.78 is 0. The predicted octanol–water partition coefficient (Wildman–Crippen LogP) is 2.43. The van der Waals surface area contributed by atoms with Crippen molar-refractivity contribution in [3.05, 3.63) is 0 Å². The normalized spacial score (nSPS) is 9.67. The van der Waals surface area contributed by atoms with Crippen molar-refractivity contribution >= 4 is 0 Å². The van der Waals surface area contributed by atoms with Crippen LogP contribution in [0.1, 0.15) is 40.0 Å². The van der Waals surface area contributed by atoms with Gasteiger partial charge in [0, 0.05) is 0 Å². The zero-order chi connectivity index (χ0) is 9.23. The largest absolute Gasteiger partial charge is 0.306 e. The van der Waals surface area contributed by atoms with E-state index in [1.54, 1.807) is 0 Å². The van der Waals surface area contributed by atoms with Crippen LogP contribution < -0.4 is 5.32 Å². The molecule has 1 heteroatoms. The van der Waals surface area contributed by atoms with Crippen LogP contribution in [0.5, 0.6) is 0 Å². The monoisotopic (exact) mass is 167 g/mol. The van der Waals surface area contributed by atoms with Crippen LogP contribution in [0.2, 0.25) is 0 Å². The molecule has 0 radical (unpaired) electrons. The summed E-state index contributed by atoms with van der Waals surface area (Å²) in [5.41, 5.74) is 0. The maximum atomic E-state index is 3.29. The molecule has 12 heavy (non-hydrogen) atoms. The van der Waals surface area contributed by atoms with Gasteiger partial charge in [0.15, 0.2) is 0 Å². The van der Waals surface area contributed by atoms with E-state index in [9.17, 15) is 0 Å². The van der Waals surface area contributed by atoms with Gasteiger partial charge in [-0.3, -0.25) is 0 Å². The molecule has 0 aromatic heterocycles. The molecule has 1 N–H and O–H groups in total. The van der Waals surface area contributed by atoms with E-state index in [0.717, 1.165) is 19.0 Å². The summed E-state index contributed by atoms with van der Waals surface area (Å²) >= 11 is 0. The van der Waals surface area contributed by atoms with E-state index in [1.165, 1.54) is 19.3 Å². The van der Waals surface area contributed by atoms with Crippen LogP contribution in [0, 0.1) is 17.8 Å². The Hall–Kier alpha value is -0.480. The molecule has 0 spiro atoms. The average molecular weight is 167 g/mol. The minimum Gasteiger partial charge on any atom is -0.306 e. The molecule has 0 saturated carbocycles. The van der Waals surface area contributed by atoms with E-state index < -0.39 is 0 Å². The first-order chi connectivity index (χ1) is 5.77. The van der Waals surface area contributed by atoms with Crippen LogP contribution in [-0.2, 0) is 0 Å². The topological polar surface area (TPSA) is 12.0 Å². The maximum absolute atomic E-state index is 3.29. The molecule has 0 bridgehead atoms. The Labute approximate surface area is 76.9 Å². The van der Waals surface area contributed by atoms with Crippen molar-refractivity contribution in [3.63, 3.8) is 0 Å². The lowest BCUT2D eigenvalue weighted by Crippen LogP contribution is -2.15. The molecule has 0 aromatic rings. The summed E-state index contributed by atoms with van der Waals surface area (Å²) in [5.74, 6) is 6.70. The van der Waals surface area contributed by atoms with Crippen molar-refractivity contribution < 1.29 is 0 Å². The average Bonchev–Trinajstić information content (AvgIpc) is 2.02. The minimum atomic E-state index is 0.845. The van der Waals surface area contributed by atoms with Crippen molar-refractivity contribution in [1.82, 2.24) is 5.32 Å². The Morgan fingerprint density at radius 3 is 2.58 bits per heavy atom. The number of unbranched alkanes of at least 4 members (excludes halogenated alkanes) is 1. The van der Waals surface area contributed by atoms with E-state index in [1.807, 2.05) is 6.92 Å². The molecule has 1 nitrogen and oxygen atoms in total. The second-order valence-electron chi connectivity index (χ2n) is 3.49. The summed E-state index contributed by atoms with van der Waals surface area (Å²) in [4.78, 5) is 0.